The Morgan fingerprint density at radius 1 is 1.31 bits per heavy atom. The molecule has 132 valence electrons. The number of carbonyl (C=O) groups excluding carboxylic acids is 1. The van der Waals surface area contributed by atoms with Gasteiger partial charge in [-0.25, -0.2) is 9.97 Å². The third kappa shape index (κ3) is 2.38. The van der Waals surface area contributed by atoms with Crippen molar-refractivity contribution in [2.24, 2.45) is 5.73 Å². The van der Waals surface area contributed by atoms with Crippen LogP contribution in [-0.2, 0) is 6.42 Å². The molecule has 3 aromatic heterocycles. The quantitative estimate of drug-likeness (QED) is 0.509. The molecule has 26 heavy (non-hydrogen) atoms. The van der Waals surface area contributed by atoms with E-state index in [1.807, 2.05) is 18.2 Å². The van der Waals surface area contributed by atoms with Crippen LogP contribution in [0.3, 0.4) is 0 Å². The molecular weight excluding hydrogens is 330 g/mol. The molecule has 0 spiro atoms. The van der Waals surface area contributed by atoms with Gasteiger partial charge in [0.05, 0.1) is 29.3 Å². The smallest absolute Gasteiger partial charge is 0.254 e. The maximum Gasteiger partial charge on any atom is 0.254 e. The summed E-state index contributed by atoms with van der Waals surface area (Å²) in [7, 11) is 0. The first-order chi connectivity index (χ1) is 12.6. The third-order valence-corrected chi connectivity index (χ3v) is 4.48. The first kappa shape index (κ1) is 16.1. The van der Waals surface area contributed by atoms with Gasteiger partial charge < -0.3 is 11.5 Å². The number of H-pyrrole nitrogens is 1. The minimum atomic E-state index is -0.618. The Balaban J connectivity index is 2.02. The number of unbranched alkanes of at least 4 members (excludes halogenated alkanes) is 1. The molecule has 5 N–H and O–H groups in total. The lowest BCUT2D eigenvalue weighted by molar-refractivity contribution is 0.100. The zero-order valence-electron chi connectivity index (χ0n) is 14.4. The lowest BCUT2D eigenvalue weighted by atomic mass is 10.2. The van der Waals surface area contributed by atoms with Gasteiger partial charge in [0, 0.05) is 5.39 Å². The summed E-state index contributed by atoms with van der Waals surface area (Å²) in [4.78, 5) is 21.2. The Labute approximate surface area is 149 Å². The van der Waals surface area contributed by atoms with E-state index in [1.165, 1.54) is 0 Å². The van der Waals surface area contributed by atoms with Gasteiger partial charge in [-0.15, -0.1) is 0 Å². The SMILES string of the molecule is CCCCc1cnc2c(n1)c(C(N)=O)c(N)n2-c1cccc2[nH]ncc12. The highest BCUT2D eigenvalue weighted by atomic mass is 16.1. The number of anilines is 1. The second kappa shape index (κ2) is 6.14. The number of nitrogen functional groups attached to an aromatic ring is 1. The van der Waals surface area contributed by atoms with E-state index in [1.54, 1.807) is 17.0 Å². The minimum absolute atomic E-state index is 0.200. The van der Waals surface area contributed by atoms with E-state index in [9.17, 15) is 4.79 Å². The monoisotopic (exact) mass is 349 g/mol. The second-order valence-corrected chi connectivity index (χ2v) is 6.21. The summed E-state index contributed by atoms with van der Waals surface area (Å²) in [5.41, 5.74) is 15.5. The first-order valence-electron chi connectivity index (χ1n) is 8.50. The molecule has 8 heteroatoms. The average Bonchev–Trinajstić information content (AvgIpc) is 3.21. The number of primary amides is 1. The summed E-state index contributed by atoms with van der Waals surface area (Å²) in [5, 5.41) is 7.87. The second-order valence-electron chi connectivity index (χ2n) is 6.21. The molecule has 0 saturated heterocycles. The van der Waals surface area contributed by atoms with Crippen LogP contribution in [0.4, 0.5) is 5.82 Å². The molecule has 1 aromatic carbocycles. The van der Waals surface area contributed by atoms with Gasteiger partial charge in [0.25, 0.3) is 5.91 Å². The molecule has 0 aliphatic rings. The molecular formula is C18H19N7O. The van der Waals surface area contributed by atoms with Crippen molar-refractivity contribution >= 4 is 33.8 Å². The number of benzene rings is 1. The number of nitrogens with two attached hydrogens (primary N) is 2. The number of hydrogen-bond acceptors (Lipinski definition) is 5. The van der Waals surface area contributed by atoms with Crippen LogP contribution in [0.25, 0.3) is 27.8 Å². The Kier molecular flexibility index (Phi) is 3.80. The number of rotatable bonds is 5. The van der Waals surface area contributed by atoms with E-state index >= 15 is 0 Å². The van der Waals surface area contributed by atoms with Crippen LogP contribution in [0.2, 0.25) is 0 Å². The Morgan fingerprint density at radius 3 is 2.92 bits per heavy atom. The number of aromatic nitrogens is 5. The fraction of sp³-hybridized carbons (Fsp3) is 0.222. The maximum atomic E-state index is 12.1. The summed E-state index contributed by atoms with van der Waals surface area (Å²) in [5.74, 6) is -0.388. The summed E-state index contributed by atoms with van der Waals surface area (Å²) >= 11 is 0. The Hall–Kier alpha value is -3.42. The number of aromatic amines is 1. The van der Waals surface area contributed by atoms with Gasteiger partial charge in [-0.2, -0.15) is 5.10 Å². The predicted molar refractivity (Wildman–Crippen MR) is 100 cm³/mol. The van der Waals surface area contributed by atoms with Gasteiger partial charge >= 0.3 is 0 Å². The summed E-state index contributed by atoms with van der Waals surface area (Å²) in [6, 6.07) is 5.69. The predicted octanol–water partition coefficient (Wildman–Crippen LogP) is 2.32. The highest BCUT2D eigenvalue weighted by Crippen LogP contribution is 2.32. The number of aryl methyl sites for hydroxylation is 1. The van der Waals surface area contributed by atoms with Crippen molar-refractivity contribution in [1.29, 1.82) is 0 Å². The molecule has 3 heterocycles. The summed E-state index contributed by atoms with van der Waals surface area (Å²) < 4.78 is 1.71. The minimum Gasteiger partial charge on any atom is -0.384 e. The summed E-state index contributed by atoms with van der Waals surface area (Å²) in [6.45, 7) is 2.11. The van der Waals surface area contributed by atoms with Gasteiger partial charge in [0.1, 0.15) is 16.9 Å². The molecule has 0 radical (unpaired) electrons. The van der Waals surface area contributed by atoms with Gasteiger partial charge in [-0.05, 0) is 25.0 Å². The lowest BCUT2D eigenvalue weighted by Gasteiger charge is -2.08. The molecule has 1 amide bonds. The van der Waals surface area contributed by atoms with Crippen LogP contribution in [0, 0.1) is 0 Å². The van der Waals surface area contributed by atoms with Crippen molar-refractivity contribution in [3.8, 4) is 5.69 Å². The molecule has 0 unspecified atom stereocenters. The number of nitrogens with one attached hydrogen (secondary N) is 1. The van der Waals surface area contributed by atoms with Crippen LogP contribution in [0.5, 0.6) is 0 Å². The van der Waals surface area contributed by atoms with Crippen LogP contribution >= 0.6 is 0 Å². The zero-order chi connectivity index (χ0) is 18.3. The molecule has 4 rings (SSSR count). The molecule has 0 bridgehead atoms. The van der Waals surface area contributed by atoms with Crippen LogP contribution in [0.1, 0.15) is 35.8 Å². The lowest BCUT2D eigenvalue weighted by Crippen LogP contribution is -2.14. The maximum absolute atomic E-state index is 12.1. The fourth-order valence-corrected chi connectivity index (χ4v) is 3.21. The largest absolute Gasteiger partial charge is 0.384 e. The van der Waals surface area contributed by atoms with E-state index in [0.29, 0.717) is 11.2 Å². The number of carbonyl (C=O) groups is 1. The van der Waals surface area contributed by atoms with Crippen LogP contribution in [0.15, 0.2) is 30.6 Å². The summed E-state index contributed by atoms with van der Waals surface area (Å²) in [6.07, 6.45) is 6.28. The van der Waals surface area contributed by atoms with Crippen molar-refractivity contribution in [3.05, 3.63) is 41.9 Å². The van der Waals surface area contributed by atoms with Gasteiger partial charge in [0.2, 0.25) is 0 Å². The molecule has 4 aromatic rings. The van der Waals surface area contributed by atoms with E-state index in [-0.39, 0.29) is 11.4 Å². The first-order valence-corrected chi connectivity index (χ1v) is 8.50. The Morgan fingerprint density at radius 2 is 2.15 bits per heavy atom. The van der Waals surface area contributed by atoms with Gasteiger partial charge in [-0.1, -0.05) is 19.4 Å². The third-order valence-electron chi connectivity index (χ3n) is 4.48. The van der Waals surface area contributed by atoms with E-state index in [0.717, 1.165) is 41.5 Å². The highest BCUT2D eigenvalue weighted by molar-refractivity contribution is 6.10. The van der Waals surface area contributed by atoms with Crippen molar-refractivity contribution in [1.82, 2.24) is 24.7 Å². The van der Waals surface area contributed by atoms with E-state index in [2.05, 4.69) is 27.1 Å². The molecule has 0 fully saturated rings. The number of amides is 1. The standard InChI is InChI=1S/C18H19N7O/c1-2-3-5-10-8-21-18-15(23-10)14(17(20)26)16(19)25(18)13-7-4-6-12-11(13)9-22-24-12/h4,6-9H,2-3,5,19H2,1H3,(H2,20,26)(H,22,24). The van der Waals surface area contributed by atoms with Crippen molar-refractivity contribution < 1.29 is 4.79 Å². The Bertz CT molecular complexity index is 1130. The van der Waals surface area contributed by atoms with Crippen molar-refractivity contribution in [3.63, 3.8) is 0 Å². The van der Waals surface area contributed by atoms with Crippen LogP contribution < -0.4 is 11.5 Å². The van der Waals surface area contributed by atoms with E-state index in [4.69, 9.17) is 11.5 Å². The fourth-order valence-electron chi connectivity index (χ4n) is 3.21. The number of nitrogens with zero attached hydrogens (tertiary/aromatic N) is 4. The number of fused-ring (bicyclic) bond motifs is 2. The van der Waals surface area contributed by atoms with Crippen molar-refractivity contribution in [2.45, 2.75) is 26.2 Å². The molecule has 8 nitrogen and oxygen atoms in total. The van der Waals surface area contributed by atoms with Crippen molar-refractivity contribution in [2.75, 3.05) is 5.73 Å². The number of hydrogen-bond donors (Lipinski definition) is 3. The molecule has 0 aliphatic heterocycles. The van der Waals surface area contributed by atoms with E-state index < -0.39 is 5.91 Å². The zero-order valence-corrected chi connectivity index (χ0v) is 14.4. The highest BCUT2D eigenvalue weighted by Gasteiger charge is 2.23. The van der Waals surface area contributed by atoms with Gasteiger partial charge in [0.15, 0.2) is 5.65 Å². The topological polar surface area (TPSA) is 128 Å². The van der Waals surface area contributed by atoms with Gasteiger partial charge in [-0.3, -0.25) is 14.5 Å². The van der Waals surface area contributed by atoms with Crippen LogP contribution in [-0.4, -0.2) is 30.6 Å². The average molecular weight is 349 g/mol. The molecule has 0 saturated carbocycles. The molecule has 0 aliphatic carbocycles. The normalized spacial score (nSPS) is 11.4. The molecule has 0 atom stereocenters.